The van der Waals surface area contributed by atoms with Crippen molar-refractivity contribution in [2.24, 2.45) is 0 Å². The second-order valence-electron chi connectivity index (χ2n) is 4.83. The van der Waals surface area contributed by atoms with Gasteiger partial charge in [-0.25, -0.2) is 0 Å². The molecule has 2 rings (SSSR count). The van der Waals surface area contributed by atoms with Crippen LogP contribution in [0.3, 0.4) is 0 Å². The molecule has 0 aromatic carbocycles. The lowest BCUT2D eigenvalue weighted by molar-refractivity contribution is -0.132. The van der Waals surface area contributed by atoms with Gasteiger partial charge in [-0.2, -0.15) is 0 Å². The number of rotatable bonds is 4. The van der Waals surface area contributed by atoms with Crippen LogP contribution in [0, 0.1) is 6.92 Å². The van der Waals surface area contributed by atoms with E-state index in [1.165, 1.54) is 10.4 Å². The molecule has 1 aromatic heterocycles. The molecule has 0 N–H and O–H groups in total. The summed E-state index contributed by atoms with van der Waals surface area (Å²) in [5.41, 5.74) is 1.31. The highest BCUT2D eigenvalue weighted by Crippen LogP contribution is 2.40. The second-order valence-corrected chi connectivity index (χ2v) is 6.97. The fourth-order valence-corrected chi connectivity index (χ4v) is 4.57. The maximum absolute atomic E-state index is 12.1. The zero-order chi connectivity index (χ0) is 13.1. The van der Waals surface area contributed by atoms with Crippen molar-refractivity contribution in [3.8, 4) is 0 Å². The van der Waals surface area contributed by atoms with Crippen LogP contribution < -0.4 is 0 Å². The molecule has 1 aliphatic rings. The van der Waals surface area contributed by atoms with Crippen LogP contribution in [-0.4, -0.2) is 48.6 Å². The minimum atomic E-state index is 0.228. The zero-order valence-corrected chi connectivity index (χ0v) is 12.8. The van der Waals surface area contributed by atoms with Gasteiger partial charge in [-0.3, -0.25) is 4.79 Å². The summed E-state index contributed by atoms with van der Waals surface area (Å²) in [4.78, 5) is 17.6. The van der Waals surface area contributed by atoms with E-state index in [2.05, 4.69) is 23.3 Å². The molecular weight excluding hydrogens is 264 g/mol. The summed E-state index contributed by atoms with van der Waals surface area (Å²) in [6.45, 7) is 3.88. The summed E-state index contributed by atoms with van der Waals surface area (Å²) >= 11 is 3.66. The molecular formula is C13H20N2OS2. The van der Waals surface area contributed by atoms with E-state index in [1.807, 2.05) is 30.8 Å². The minimum Gasteiger partial charge on any atom is -0.324 e. The summed E-state index contributed by atoms with van der Waals surface area (Å²) in [7, 11) is 4.10. The third-order valence-electron chi connectivity index (χ3n) is 3.11. The molecule has 0 bridgehead atoms. The van der Waals surface area contributed by atoms with Crippen molar-refractivity contribution in [3.05, 3.63) is 21.9 Å². The van der Waals surface area contributed by atoms with Crippen molar-refractivity contribution in [3.63, 3.8) is 0 Å². The van der Waals surface area contributed by atoms with Gasteiger partial charge in [0.15, 0.2) is 0 Å². The first-order valence-electron chi connectivity index (χ1n) is 6.19. The van der Waals surface area contributed by atoms with Crippen molar-refractivity contribution in [1.82, 2.24) is 9.80 Å². The Hall–Kier alpha value is -0.520. The molecule has 1 aromatic rings. The Labute approximate surface area is 117 Å². The molecule has 1 aliphatic heterocycles. The van der Waals surface area contributed by atoms with E-state index < -0.39 is 0 Å². The summed E-state index contributed by atoms with van der Waals surface area (Å²) in [6, 6.07) is 2.14. The average Bonchev–Trinajstić information content (AvgIpc) is 2.73. The quantitative estimate of drug-likeness (QED) is 0.849. The molecule has 3 nitrogen and oxygen atoms in total. The molecule has 0 aliphatic carbocycles. The van der Waals surface area contributed by atoms with E-state index in [9.17, 15) is 4.79 Å². The fraction of sp³-hybridized carbons (Fsp3) is 0.615. The summed E-state index contributed by atoms with van der Waals surface area (Å²) in [5, 5.41) is 2.35. The predicted molar refractivity (Wildman–Crippen MR) is 79.1 cm³/mol. The molecule has 1 atom stereocenters. The molecule has 0 saturated carbocycles. The lowest BCUT2D eigenvalue weighted by atomic mass is 10.2. The molecule has 100 valence electrons. The van der Waals surface area contributed by atoms with Crippen molar-refractivity contribution < 1.29 is 4.79 Å². The van der Waals surface area contributed by atoms with Gasteiger partial charge < -0.3 is 9.80 Å². The second kappa shape index (κ2) is 6.08. The summed E-state index contributed by atoms with van der Waals surface area (Å²) < 4.78 is 0. The minimum absolute atomic E-state index is 0.228. The fourth-order valence-electron chi connectivity index (χ4n) is 2.03. The average molecular weight is 284 g/mol. The van der Waals surface area contributed by atoms with Crippen LogP contribution in [0.15, 0.2) is 11.4 Å². The predicted octanol–water partition coefficient (Wildman–Crippen LogP) is 2.58. The Kier molecular flexibility index (Phi) is 4.70. The van der Waals surface area contributed by atoms with Gasteiger partial charge in [0.2, 0.25) is 5.91 Å². The Balaban J connectivity index is 2.15. The molecule has 18 heavy (non-hydrogen) atoms. The molecule has 1 unspecified atom stereocenters. The van der Waals surface area contributed by atoms with E-state index >= 15 is 0 Å². The van der Waals surface area contributed by atoms with Crippen LogP contribution in [0.2, 0.25) is 0 Å². The van der Waals surface area contributed by atoms with Crippen LogP contribution >= 0.6 is 23.1 Å². The van der Waals surface area contributed by atoms with Crippen molar-refractivity contribution in [1.29, 1.82) is 0 Å². The molecule has 5 heteroatoms. The molecule has 0 radical (unpaired) electrons. The van der Waals surface area contributed by atoms with Gasteiger partial charge in [-0.05, 0) is 38.0 Å². The monoisotopic (exact) mass is 284 g/mol. The van der Waals surface area contributed by atoms with Gasteiger partial charge in [-0.15, -0.1) is 23.1 Å². The van der Waals surface area contributed by atoms with Crippen molar-refractivity contribution in [2.45, 2.75) is 18.7 Å². The largest absolute Gasteiger partial charge is 0.324 e. The zero-order valence-electron chi connectivity index (χ0n) is 11.2. The molecule has 1 amide bonds. The van der Waals surface area contributed by atoms with Gasteiger partial charge in [-0.1, -0.05) is 0 Å². The highest BCUT2D eigenvalue weighted by Gasteiger charge is 2.31. The van der Waals surface area contributed by atoms with Crippen molar-refractivity contribution >= 4 is 29.0 Å². The maximum Gasteiger partial charge on any atom is 0.224 e. The molecule has 2 heterocycles. The SMILES string of the molecule is Cc1ccsc1C1SCCC(=O)N1CCN(C)C. The lowest BCUT2D eigenvalue weighted by Gasteiger charge is -2.35. The first kappa shape index (κ1) is 13.9. The maximum atomic E-state index is 12.1. The van der Waals surface area contributed by atoms with Gasteiger partial charge in [0.05, 0.1) is 0 Å². The van der Waals surface area contributed by atoms with Crippen LogP contribution in [-0.2, 0) is 4.79 Å². The van der Waals surface area contributed by atoms with Crippen LogP contribution in [0.1, 0.15) is 22.2 Å². The number of hydrogen-bond acceptors (Lipinski definition) is 4. The number of nitrogens with zero attached hydrogens (tertiary/aromatic N) is 2. The van der Waals surface area contributed by atoms with Gasteiger partial charge in [0, 0.05) is 30.1 Å². The number of aryl methyl sites for hydroxylation is 1. The standard InChI is InChI=1S/C13H20N2OS2/c1-10-4-8-17-12(10)13-15(7-6-14(2)3)11(16)5-9-18-13/h4,8,13H,5-7,9H2,1-3H3. The first-order valence-corrected chi connectivity index (χ1v) is 8.12. The highest BCUT2D eigenvalue weighted by molar-refractivity contribution is 7.99. The third-order valence-corrected chi connectivity index (χ3v) is 5.58. The Morgan fingerprint density at radius 2 is 2.28 bits per heavy atom. The number of carbonyl (C=O) groups excluding carboxylic acids is 1. The van der Waals surface area contributed by atoms with Gasteiger partial charge >= 0.3 is 0 Å². The van der Waals surface area contributed by atoms with E-state index in [-0.39, 0.29) is 5.37 Å². The van der Waals surface area contributed by atoms with E-state index in [1.54, 1.807) is 11.3 Å². The van der Waals surface area contributed by atoms with Crippen LogP contribution in [0.4, 0.5) is 0 Å². The molecule has 1 saturated heterocycles. The highest BCUT2D eigenvalue weighted by atomic mass is 32.2. The van der Waals surface area contributed by atoms with Crippen LogP contribution in [0.5, 0.6) is 0 Å². The number of amides is 1. The number of thiophene rings is 1. The van der Waals surface area contributed by atoms with Crippen molar-refractivity contribution in [2.75, 3.05) is 32.9 Å². The molecule has 1 fully saturated rings. The van der Waals surface area contributed by atoms with E-state index in [0.29, 0.717) is 12.3 Å². The topological polar surface area (TPSA) is 23.6 Å². The normalized spacial score (nSPS) is 20.8. The number of thioether (sulfide) groups is 1. The van der Waals surface area contributed by atoms with Gasteiger partial charge in [0.1, 0.15) is 5.37 Å². The van der Waals surface area contributed by atoms with Gasteiger partial charge in [0.25, 0.3) is 0 Å². The number of likely N-dealkylation sites (N-methyl/N-ethyl adjacent to an activating group) is 1. The van der Waals surface area contributed by atoms with E-state index in [4.69, 9.17) is 0 Å². The van der Waals surface area contributed by atoms with Crippen LogP contribution in [0.25, 0.3) is 0 Å². The number of carbonyl (C=O) groups is 1. The van der Waals surface area contributed by atoms with E-state index in [0.717, 1.165) is 18.8 Å². The smallest absolute Gasteiger partial charge is 0.224 e. The molecule has 0 spiro atoms. The lowest BCUT2D eigenvalue weighted by Crippen LogP contribution is -2.41. The number of hydrogen-bond donors (Lipinski definition) is 0. The first-order chi connectivity index (χ1) is 8.59. The third kappa shape index (κ3) is 3.08. The summed E-state index contributed by atoms with van der Waals surface area (Å²) in [6.07, 6.45) is 0.680. The Bertz CT molecular complexity index is 417. The summed E-state index contributed by atoms with van der Waals surface area (Å²) in [5.74, 6) is 1.24. The Morgan fingerprint density at radius 3 is 2.89 bits per heavy atom. The Morgan fingerprint density at radius 1 is 1.50 bits per heavy atom.